The quantitative estimate of drug-likeness (QED) is 0.377. The van der Waals surface area contributed by atoms with Crippen molar-refractivity contribution < 1.29 is 14.4 Å². The van der Waals surface area contributed by atoms with Gasteiger partial charge in [-0.05, 0) is 49.2 Å². The average Bonchev–Trinajstić information content (AvgIpc) is 3.67. The second-order valence-electron chi connectivity index (χ2n) is 8.12. The Kier molecular flexibility index (Phi) is 6.04. The molecule has 1 heterocycles. The Balaban J connectivity index is 1.28. The zero-order valence-corrected chi connectivity index (χ0v) is 18.6. The van der Waals surface area contributed by atoms with Crippen molar-refractivity contribution in [3.05, 3.63) is 96.3 Å². The normalized spacial score (nSPS) is 12.6. The molecule has 9 heteroatoms. The van der Waals surface area contributed by atoms with E-state index >= 15 is 0 Å². The highest BCUT2D eigenvalue weighted by molar-refractivity contribution is 5.99. The summed E-state index contributed by atoms with van der Waals surface area (Å²) < 4.78 is 1.58. The second kappa shape index (κ2) is 9.60. The van der Waals surface area contributed by atoms with Gasteiger partial charge in [-0.2, -0.15) is 0 Å². The number of carbonyl (C=O) groups is 3. The topological polar surface area (TPSA) is 118 Å². The van der Waals surface area contributed by atoms with Crippen LogP contribution in [0.5, 0.6) is 0 Å². The number of anilines is 1. The number of nitrogens with zero attached hydrogens (tertiary/aromatic N) is 3. The molecule has 1 aromatic heterocycles. The van der Waals surface area contributed by atoms with E-state index < -0.39 is 11.8 Å². The van der Waals surface area contributed by atoms with Gasteiger partial charge in [0.25, 0.3) is 5.91 Å². The van der Waals surface area contributed by atoms with Gasteiger partial charge in [0.15, 0.2) is 5.82 Å². The lowest BCUT2D eigenvalue weighted by molar-refractivity contribution is -0.117. The first kappa shape index (κ1) is 22.0. The van der Waals surface area contributed by atoms with Crippen LogP contribution in [-0.2, 0) is 4.79 Å². The molecule has 35 heavy (non-hydrogen) atoms. The number of carbonyl (C=O) groups excluding carboxylic acids is 3. The Labute approximate surface area is 201 Å². The first-order chi connectivity index (χ1) is 17.1. The van der Waals surface area contributed by atoms with Gasteiger partial charge in [-0.15, -0.1) is 5.10 Å². The van der Waals surface area contributed by atoms with Crippen molar-refractivity contribution in [2.75, 3.05) is 5.32 Å². The number of amides is 3. The van der Waals surface area contributed by atoms with Crippen molar-refractivity contribution in [1.29, 1.82) is 0 Å². The summed E-state index contributed by atoms with van der Waals surface area (Å²) in [7, 11) is 0. The van der Waals surface area contributed by atoms with Gasteiger partial charge < -0.3 is 5.32 Å². The summed E-state index contributed by atoms with van der Waals surface area (Å²) in [5.41, 5.74) is 7.22. The SMILES string of the molecule is O=C(NNC(=O)c1nc(-c2ccccc2)n(-c2ccccc2)n1)c1ccc(NC(=O)C2CC2)cc1. The number of hydrogen-bond donors (Lipinski definition) is 3. The van der Waals surface area contributed by atoms with E-state index in [1.165, 1.54) is 0 Å². The van der Waals surface area contributed by atoms with Crippen LogP contribution in [0.15, 0.2) is 84.9 Å². The van der Waals surface area contributed by atoms with Gasteiger partial charge in [0, 0.05) is 22.7 Å². The van der Waals surface area contributed by atoms with Crippen LogP contribution in [0, 0.1) is 5.92 Å². The van der Waals surface area contributed by atoms with E-state index in [2.05, 4.69) is 26.3 Å². The summed E-state index contributed by atoms with van der Waals surface area (Å²) in [6, 6.07) is 25.2. The van der Waals surface area contributed by atoms with E-state index in [4.69, 9.17) is 0 Å². The summed E-state index contributed by atoms with van der Waals surface area (Å²) >= 11 is 0. The molecule has 0 radical (unpaired) electrons. The first-order valence-electron chi connectivity index (χ1n) is 11.2. The van der Waals surface area contributed by atoms with Crippen LogP contribution < -0.4 is 16.2 Å². The molecule has 174 valence electrons. The van der Waals surface area contributed by atoms with Crippen LogP contribution in [0.25, 0.3) is 17.1 Å². The molecule has 0 spiro atoms. The predicted octanol–water partition coefficient (Wildman–Crippen LogP) is 3.36. The molecule has 5 rings (SSSR count). The Bertz CT molecular complexity index is 1310. The Morgan fingerprint density at radius 2 is 1.40 bits per heavy atom. The fraction of sp³-hybridized carbons (Fsp3) is 0.115. The molecule has 0 atom stereocenters. The molecule has 0 saturated heterocycles. The third-order valence-electron chi connectivity index (χ3n) is 5.50. The molecule has 0 bridgehead atoms. The lowest BCUT2D eigenvalue weighted by Gasteiger charge is -2.07. The average molecular weight is 467 g/mol. The summed E-state index contributed by atoms with van der Waals surface area (Å²) in [5, 5.41) is 7.18. The molecule has 3 amide bonds. The summed E-state index contributed by atoms with van der Waals surface area (Å²) in [6.07, 6.45) is 1.83. The maximum Gasteiger partial charge on any atom is 0.309 e. The molecule has 0 aliphatic heterocycles. The van der Waals surface area contributed by atoms with Gasteiger partial charge in [0.05, 0.1) is 5.69 Å². The molecule has 1 fully saturated rings. The van der Waals surface area contributed by atoms with Gasteiger partial charge in [0.2, 0.25) is 11.7 Å². The maximum atomic E-state index is 12.7. The van der Waals surface area contributed by atoms with Crippen LogP contribution in [0.2, 0.25) is 0 Å². The highest BCUT2D eigenvalue weighted by atomic mass is 16.2. The van der Waals surface area contributed by atoms with Gasteiger partial charge in [-0.25, -0.2) is 9.67 Å². The number of hydrogen-bond acceptors (Lipinski definition) is 5. The zero-order valence-electron chi connectivity index (χ0n) is 18.6. The Hall–Kier alpha value is -4.79. The fourth-order valence-corrected chi connectivity index (χ4v) is 3.47. The molecule has 1 saturated carbocycles. The molecular weight excluding hydrogens is 444 g/mol. The van der Waals surface area contributed by atoms with Crippen molar-refractivity contribution in [3.8, 4) is 17.1 Å². The number of nitrogens with one attached hydrogen (secondary N) is 3. The Morgan fingerprint density at radius 3 is 2.06 bits per heavy atom. The second-order valence-corrected chi connectivity index (χ2v) is 8.12. The number of hydrazine groups is 1. The third-order valence-corrected chi connectivity index (χ3v) is 5.50. The fourth-order valence-electron chi connectivity index (χ4n) is 3.47. The van der Waals surface area contributed by atoms with E-state index in [-0.39, 0.29) is 17.6 Å². The Morgan fingerprint density at radius 1 is 0.771 bits per heavy atom. The van der Waals surface area contributed by atoms with Crippen molar-refractivity contribution >= 4 is 23.4 Å². The maximum absolute atomic E-state index is 12.7. The molecule has 9 nitrogen and oxygen atoms in total. The summed E-state index contributed by atoms with van der Waals surface area (Å²) in [4.78, 5) is 41.5. The van der Waals surface area contributed by atoms with E-state index in [0.29, 0.717) is 17.1 Å². The van der Waals surface area contributed by atoms with Crippen LogP contribution in [-0.4, -0.2) is 32.5 Å². The minimum Gasteiger partial charge on any atom is -0.326 e. The van der Waals surface area contributed by atoms with Crippen molar-refractivity contribution in [2.24, 2.45) is 5.92 Å². The molecular formula is C26H22N6O3. The molecule has 4 aromatic rings. The standard InChI is InChI=1S/C26H22N6O3/c33-24(18-11-12-18)27-20-15-13-19(14-16-20)25(34)29-30-26(35)22-28-23(17-7-3-1-4-8-17)32(31-22)21-9-5-2-6-10-21/h1-10,13-16,18H,11-12H2,(H,27,33)(H,29,34)(H,30,35). The molecule has 3 N–H and O–H groups in total. The van der Waals surface area contributed by atoms with Crippen molar-refractivity contribution in [3.63, 3.8) is 0 Å². The smallest absolute Gasteiger partial charge is 0.309 e. The zero-order chi connectivity index (χ0) is 24.2. The van der Waals surface area contributed by atoms with Gasteiger partial charge in [-0.1, -0.05) is 48.5 Å². The number of rotatable bonds is 6. The molecule has 1 aliphatic carbocycles. The van der Waals surface area contributed by atoms with Crippen molar-refractivity contribution in [2.45, 2.75) is 12.8 Å². The van der Waals surface area contributed by atoms with Gasteiger partial charge in [0.1, 0.15) is 0 Å². The molecule has 3 aromatic carbocycles. The monoisotopic (exact) mass is 466 g/mol. The number of benzene rings is 3. The lowest BCUT2D eigenvalue weighted by atomic mass is 10.2. The predicted molar refractivity (Wildman–Crippen MR) is 130 cm³/mol. The highest BCUT2D eigenvalue weighted by Crippen LogP contribution is 2.30. The molecule has 0 unspecified atom stereocenters. The van der Waals surface area contributed by atoms with Crippen LogP contribution in [0.3, 0.4) is 0 Å². The minimum absolute atomic E-state index is 0.00761. The van der Waals surface area contributed by atoms with E-state index in [1.54, 1.807) is 28.9 Å². The number of para-hydroxylation sites is 1. The third kappa shape index (κ3) is 5.09. The number of aromatic nitrogens is 3. The van der Waals surface area contributed by atoms with Gasteiger partial charge >= 0.3 is 5.91 Å². The van der Waals surface area contributed by atoms with Crippen LogP contribution in [0.1, 0.15) is 33.8 Å². The first-order valence-corrected chi connectivity index (χ1v) is 11.2. The van der Waals surface area contributed by atoms with Crippen LogP contribution >= 0.6 is 0 Å². The lowest BCUT2D eigenvalue weighted by Crippen LogP contribution is -2.42. The van der Waals surface area contributed by atoms with Crippen molar-refractivity contribution in [1.82, 2.24) is 25.6 Å². The summed E-state index contributed by atoms with van der Waals surface area (Å²) in [6.45, 7) is 0. The van der Waals surface area contributed by atoms with E-state index in [0.717, 1.165) is 24.1 Å². The minimum atomic E-state index is -0.654. The largest absolute Gasteiger partial charge is 0.326 e. The highest BCUT2D eigenvalue weighted by Gasteiger charge is 2.29. The summed E-state index contributed by atoms with van der Waals surface area (Å²) in [5.74, 6) is -0.674. The van der Waals surface area contributed by atoms with Crippen LogP contribution in [0.4, 0.5) is 5.69 Å². The van der Waals surface area contributed by atoms with Gasteiger partial charge in [-0.3, -0.25) is 25.2 Å². The molecule has 1 aliphatic rings. The van der Waals surface area contributed by atoms with E-state index in [1.807, 2.05) is 60.7 Å². The van der Waals surface area contributed by atoms with E-state index in [9.17, 15) is 14.4 Å².